The number of aryl methyl sites for hydroxylation is 1. The topological polar surface area (TPSA) is 71.3 Å². The zero-order valence-electron chi connectivity index (χ0n) is 18.0. The van der Waals surface area contributed by atoms with E-state index >= 15 is 0 Å². The van der Waals surface area contributed by atoms with Crippen LogP contribution in [0.25, 0.3) is 11.4 Å². The lowest BCUT2D eigenvalue weighted by Crippen LogP contribution is -2.44. The van der Waals surface area contributed by atoms with Crippen molar-refractivity contribution in [3.05, 3.63) is 70.6 Å². The number of carbonyl (C=O) groups is 1. The molecule has 3 aromatic rings. The minimum absolute atomic E-state index is 0.0202. The summed E-state index contributed by atoms with van der Waals surface area (Å²) in [5.41, 5.74) is 3.47. The van der Waals surface area contributed by atoms with Crippen LogP contribution in [0.3, 0.4) is 0 Å². The molecule has 0 bridgehead atoms. The number of aromatic nitrogens is 2. The third-order valence-corrected chi connectivity index (χ3v) is 6.71. The van der Waals surface area contributed by atoms with Crippen molar-refractivity contribution >= 4 is 17.5 Å². The maximum Gasteiger partial charge on any atom is 0.241 e. The Hall–Kier alpha value is -2.70. The Morgan fingerprint density at radius 3 is 2.97 bits per heavy atom. The molecule has 0 radical (unpaired) electrons. The van der Waals surface area contributed by atoms with Gasteiger partial charge >= 0.3 is 0 Å². The zero-order chi connectivity index (χ0) is 21.9. The molecule has 1 amide bonds. The van der Waals surface area contributed by atoms with Gasteiger partial charge in [-0.05, 0) is 61.9 Å². The lowest BCUT2D eigenvalue weighted by Gasteiger charge is -2.33. The third kappa shape index (κ3) is 4.71. The average molecular weight is 451 g/mol. The number of hydrogen-bond donors (Lipinski definition) is 1. The van der Waals surface area contributed by atoms with Crippen molar-refractivity contribution in [1.82, 2.24) is 20.4 Å². The van der Waals surface area contributed by atoms with E-state index in [0.29, 0.717) is 29.8 Å². The summed E-state index contributed by atoms with van der Waals surface area (Å²) in [7, 11) is 0. The fourth-order valence-corrected chi connectivity index (χ4v) is 5.05. The number of likely N-dealkylation sites (tertiary alicyclic amines) is 1. The molecule has 32 heavy (non-hydrogen) atoms. The molecule has 1 fully saturated rings. The van der Waals surface area contributed by atoms with Gasteiger partial charge in [0.15, 0.2) is 0 Å². The lowest BCUT2D eigenvalue weighted by molar-refractivity contribution is -0.127. The third-order valence-electron chi connectivity index (χ3n) is 6.47. The molecule has 2 aromatic carbocycles. The number of benzene rings is 2. The summed E-state index contributed by atoms with van der Waals surface area (Å²) in [4.78, 5) is 19.9. The molecular formula is C25H27ClN4O2. The van der Waals surface area contributed by atoms with E-state index in [4.69, 9.17) is 16.1 Å². The normalized spacial score (nSPS) is 21.2. The summed E-state index contributed by atoms with van der Waals surface area (Å²) in [5, 5.41) is 8.06. The molecule has 166 valence electrons. The van der Waals surface area contributed by atoms with Crippen molar-refractivity contribution < 1.29 is 9.32 Å². The number of hydrogen-bond acceptors (Lipinski definition) is 5. The second-order valence-corrected chi connectivity index (χ2v) is 9.18. The highest BCUT2D eigenvalue weighted by molar-refractivity contribution is 6.30. The van der Waals surface area contributed by atoms with E-state index in [-0.39, 0.29) is 17.9 Å². The predicted octanol–water partition coefficient (Wildman–Crippen LogP) is 4.80. The van der Waals surface area contributed by atoms with Gasteiger partial charge in [-0.3, -0.25) is 9.69 Å². The Bertz CT molecular complexity index is 1100. The Morgan fingerprint density at radius 1 is 1.16 bits per heavy atom. The summed E-state index contributed by atoms with van der Waals surface area (Å²) >= 11 is 6.07. The Balaban J connectivity index is 1.20. The first-order chi connectivity index (χ1) is 15.7. The van der Waals surface area contributed by atoms with Crippen LogP contribution in [0.1, 0.15) is 48.7 Å². The molecule has 1 saturated heterocycles. The maximum atomic E-state index is 13.1. The van der Waals surface area contributed by atoms with Gasteiger partial charge in [0.1, 0.15) is 0 Å². The number of nitrogens with zero attached hydrogens (tertiary/aromatic N) is 3. The largest absolute Gasteiger partial charge is 0.349 e. The molecule has 6 nitrogen and oxygen atoms in total. The van der Waals surface area contributed by atoms with Crippen molar-refractivity contribution in [2.75, 3.05) is 13.1 Å². The maximum absolute atomic E-state index is 13.1. The number of piperidine rings is 1. The first-order valence-corrected chi connectivity index (χ1v) is 11.7. The number of nitrogens with one attached hydrogen (secondary N) is 1. The molecule has 1 aliphatic heterocycles. The number of amides is 1. The van der Waals surface area contributed by atoms with E-state index in [1.54, 1.807) is 0 Å². The molecule has 2 atom stereocenters. The number of rotatable bonds is 5. The highest BCUT2D eigenvalue weighted by atomic mass is 35.5. The molecule has 2 heterocycles. The zero-order valence-corrected chi connectivity index (χ0v) is 18.7. The summed E-state index contributed by atoms with van der Waals surface area (Å²) in [6, 6.07) is 16.0. The van der Waals surface area contributed by atoms with E-state index < -0.39 is 0 Å². The van der Waals surface area contributed by atoms with Gasteiger partial charge in [0.05, 0.1) is 18.5 Å². The minimum Gasteiger partial charge on any atom is -0.349 e. The predicted molar refractivity (Wildman–Crippen MR) is 123 cm³/mol. The van der Waals surface area contributed by atoms with E-state index in [1.165, 1.54) is 11.1 Å². The molecule has 1 N–H and O–H groups in total. The van der Waals surface area contributed by atoms with Crippen LogP contribution >= 0.6 is 11.6 Å². The van der Waals surface area contributed by atoms with Crippen molar-refractivity contribution in [1.29, 1.82) is 0 Å². The Kier molecular flexibility index (Phi) is 6.23. The second kappa shape index (κ2) is 9.43. The second-order valence-electron chi connectivity index (χ2n) is 8.75. The van der Waals surface area contributed by atoms with Crippen LogP contribution in [0.5, 0.6) is 0 Å². The van der Waals surface area contributed by atoms with Crippen molar-refractivity contribution in [2.24, 2.45) is 5.92 Å². The molecule has 1 aliphatic carbocycles. The van der Waals surface area contributed by atoms with Gasteiger partial charge in [0.2, 0.25) is 17.6 Å². The van der Waals surface area contributed by atoms with Gasteiger partial charge in [-0.15, -0.1) is 0 Å². The van der Waals surface area contributed by atoms with Gasteiger partial charge in [-0.2, -0.15) is 4.98 Å². The summed E-state index contributed by atoms with van der Waals surface area (Å²) in [6.45, 7) is 2.17. The lowest BCUT2D eigenvalue weighted by atomic mass is 9.87. The van der Waals surface area contributed by atoms with E-state index in [2.05, 4.69) is 44.6 Å². The molecular weight excluding hydrogens is 424 g/mol. The SMILES string of the molecule is O=C(NC1CCCc2ccccc21)C1CCCN(Cc2nc(-c3cccc(Cl)c3)no2)C1. The molecule has 2 aliphatic rings. The highest BCUT2D eigenvalue weighted by Crippen LogP contribution is 2.30. The fourth-order valence-electron chi connectivity index (χ4n) is 4.86. The van der Waals surface area contributed by atoms with Crippen molar-refractivity contribution in [3.8, 4) is 11.4 Å². The van der Waals surface area contributed by atoms with Crippen LogP contribution in [0.2, 0.25) is 5.02 Å². The highest BCUT2D eigenvalue weighted by Gasteiger charge is 2.29. The van der Waals surface area contributed by atoms with Gasteiger partial charge in [-0.1, -0.05) is 53.2 Å². The molecule has 0 saturated carbocycles. The van der Waals surface area contributed by atoms with E-state index in [0.717, 1.165) is 44.2 Å². The smallest absolute Gasteiger partial charge is 0.241 e. The van der Waals surface area contributed by atoms with Crippen LogP contribution in [0, 0.1) is 5.92 Å². The van der Waals surface area contributed by atoms with Gasteiger partial charge in [0.25, 0.3) is 0 Å². The Labute approximate surface area is 193 Å². The van der Waals surface area contributed by atoms with Gasteiger partial charge < -0.3 is 9.84 Å². The number of halogens is 1. The molecule has 2 unspecified atom stereocenters. The quantitative estimate of drug-likeness (QED) is 0.604. The molecule has 0 spiro atoms. The van der Waals surface area contributed by atoms with Crippen LogP contribution in [0.4, 0.5) is 0 Å². The van der Waals surface area contributed by atoms with Crippen LogP contribution in [0.15, 0.2) is 53.1 Å². The first-order valence-electron chi connectivity index (χ1n) is 11.3. The monoisotopic (exact) mass is 450 g/mol. The standard InChI is InChI=1S/C25H27ClN4O2/c26-20-10-3-8-18(14-20)24-28-23(32-29-24)16-30-13-5-9-19(15-30)25(31)27-22-12-4-7-17-6-1-2-11-21(17)22/h1-3,6,8,10-11,14,19,22H,4-5,7,9,12-13,15-16H2,(H,27,31). The molecule has 5 rings (SSSR count). The number of fused-ring (bicyclic) bond motifs is 1. The van der Waals surface area contributed by atoms with E-state index in [1.807, 2.05) is 24.3 Å². The van der Waals surface area contributed by atoms with Gasteiger partial charge in [0, 0.05) is 17.1 Å². The minimum atomic E-state index is -0.0202. The van der Waals surface area contributed by atoms with E-state index in [9.17, 15) is 4.79 Å². The van der Waals surface area contributed by atoms with Crippen molar-refractivity contribution in [2.45, 2.75) is 44.7 Å². The van der Waals surface area contributed by atoms with Gasteiger partial charge in [-0.25, -0.2) is 0 Å². The molecule has 7 heteroatoms. The average Bonchev–Trinajstić information content (AvgIpc) is 3.28. The summed E-state index contributed by atoms with van der Waals surface area (Å²) < 4.78 is 5.47. The van der Waals surface area contributed by atoms with Crippen LogP contribution in [-0.4, -0.2) is 34.0 Å². The van der Waals surface area contributed by atoms with Crippen molar-refractivity contribution in [3.63, 3.8) is 0 Å². The number of carbonyl (C=O) groups excluding carboxylic acids is 1. The Morgan fingerprint density at radius 2 is 2.06 bits per heavy atom. The van der Waals surface area contributed by atoms with Crippen LogP contribution in [-0.2, 0) is 17.8 Å². The van der Waals surface area contributed by atoms with Crippen LogP contribution < -0.4 is 5.32 Å². The summed E-state index contributed by atoms with van der Waals surface area (Å²) in [5.74, 6) is 1.22. The summed E-state index contributed by atoms with van der Waals surface area (Å²) in [6.07, 6.45) is 5.11. The first kappa shape index (κ1) is 21.2. The fraction of sp³-hybridized carbons (Fsp3) is 0.400. The molecule has 1 aromatic heterocycles.